The number of benzene rings is 1. The lowest BCUT2D eigenvalue weighted by atomic mass is 10.2. The molecule has 0 N–H and O–H groups in total. The Balaban J connectivity index is 1.92. The van der Waals surface area contributed by atoms with Crippen LogP contribution in [-0.4, -0.2) is 4.98 Å². The van der Waals surface area contributed by atoms with Crippen molar-refractivity contribution in [1.82, 2.24) is 4.98 Å². The highest BCUT2D eigenvalue weighted by molar-refractivity contribution is 8.22. The Bertz CT molecular complexity index is 574. The first-order chi connectivity index (χ1) is 8.33. The molecule has 2 nitrogen and oxygen atoms in total. The second-order valence-corrected chi connectivity index (χ2v) is 5.40. The van der Waals surface area contributed by atoms with Gasteiger partial charge in [-0.2, -0.15) is 0 Å². The average molecular weight is 247 g/mol. The van der Waals surface area contributed by atoms with Gasteiger partial charge in [-0.05, 0) is 35.1 Å². The maximum Gasteiger partial charge on any atom is 0.242 e. The quantitative estimate of drug-likeness (QED) is 0.815. The summed E-state index contributed by atoms with van der Waals surface area (Å²) in [5.74, 6) is 0.427. The summed E-state index contributed by atoms with van der Waals surface area (Å²) in [6.07, 6.45) is 5.67. The van der Waals surface area contributed by atoms with E-state index in [0.717, 1.165) is 10.8 Å². The molecular formula is C13H10FNOS. The molecule has 0 spiro atoms. The van der Waals surface area contributed by atoms with Crippen molar-refractivity contribution in [3.05, 3.63) is 59.2 Å². The third-order valence-electron chi connectivity index (χ3n) is 2.45. The first-order valence-corrected chi connectivity index (χ1v) is 6.66. The summed E-state index contributed by atoms with van der Waals surface area (Å²) >= 11 is 0. The van der Waals surface area contributed by atoms with Crippen LogP contribution in [0.1, 0.15) is 0 Å². The SMILES string of the molecule is Fc1ccc(-c2cnc([SH]3C=CC=C3)o2)cc1. The molecule has 0 saturated carbocycles. The molecule has 3 rings (SSSR count). The van der Waals surface area contributed by atoms with Crippen LogP contribution >= 0.6 is 10.9 Å². The molecular weight excluding hydrogens is 237 g/mol. The summed E-state index contributed by atoms with van der Waals surface area (Å²) in [6, 6.07) is 6.21. The van der Waals surface area contributed by atoms with Crippen LogP contribution in [0.5, 0.6) is 0 Å². The molecule has 1 aromatic heterocycles. The second-order valence-electron chi connectivity index (χ2n) is 3.60. The van der Waals surface area contributed by atoms with Gasteiger partial charge in [0.05, 0.1) is 6.20 Å². The van der Waals surface area contributed by atoms with Crippen molar-refractivity contribution in [3.63, 3.8) is 0 Å². The van der Waals surface area contributed by atoms with Crippen LogP contribution < -0.4 is 0 Å². The van der Waals surface area contributed by atoms with E-state index in [0.29, 0.717) is 5.76 Å². The van der Waals surface area contributed by atoms with E-state index >= 15 is 0 Å². The molecule has 86 valence electrons. The normalized spacial score (nSPS) is 15.7. The number of hydrogen-bond acceptors (Lipinski definition) is 2. The number of nitrogens with zero attached hydrogens (tertiary/aromatic N) is 1. The number of halogens is 1. The molecule has 1 aliphatic rings. The molecule has 17 heavy (non-hydrogen) atoms. The van der Waals surface area contributed by atoms with Crippen molar-refractivity contribution in [3.8, 4) is 11.3 Å². The third kappa shape index (κ3) is 2.03. The summed E-state index contributed by atoms with van der Waals surface area (Å²) in [6.45, 7) is 0. The van der Waals surface area contributed by atoms with E-state index in [2.05, 4.69) is 15.8 Å². The Morgan fingerprint density at radius 3 is 2.47 bits per heavy atom. The predicted molar refractivity (Wildman–Crippen MR) is 67.4 cm³/mol. The fourth-order valence-corrected chi connectivity index (χ4v) is 2.91. The van der Waals surface area contributed by atoms with Crippen molar-refractivity contribution in [2.45, 2.75) is 5.22 Å². The average Bonchev–Trinajstić information content (AvgIpc) is 3.00. The Morgan fingerprint density at radius 1 is 1.06 bits per heavy atom. The first-order valence-electron chi connectivity index (χ1n) is 5.18. The molecule has 4 heteroatoms. The van der Waals surface area contributed by atoms with Crippen molar-refractivity contribution in [2.75, 3.05) is 0 Å². The maximum absolute atomic E-state index is 12.8. The Morgan fingerprint density at radius 2 is 1.76 bits per heavy atom. The van der Waals surface area contributed by atoms with Gasteiger partial charge in [0.2, 0.25) is 5.22 Å². The van der Waals surface area contributed by atoms with Crippen molar-refractivity contribution in [2.24, 2.45) is 0 Å². The maximum atomic E-state index is 12.8. The zero-order valence-electron chi connectivity index (χ0n) is 8.88. The molecule has 1 aliphatic heterocycles. The molecule has 0 amide bonds. The Kier molecular flexibility index (Phi) is 2.57. The van der Waals surface area contributed by atoms with Gasteiger partial charge in [-0.25, -0.2) is 9.37 Å². The van der Waals surface area contributed by atoms with E-state index in [-0.39, 0.29) is 5.82 Å². The van der Waals surface area contributed by atoms with Crippen LogP contribution in [0.2, 0.25) is 0 Å². The van der Waals surface area contributed by atoms with Crippen LogP contribution in [-0.2, 0) is 0 Å². The molecule has 0 radical (unpaired) electrons. The third-order valence-corrected chi connectivity index (χ3v) is 4.08. The lowest BCUT2D eigenvalue weighted by molar-refractivity contribution is 0.465. The highest BCUT2D eigenvalue weighted by Gasteiger charge is 2.11. The van der Waals surface area contributed by atoms with Gasteiger partial charge < -0.3 is 4.42 Å². The summed E-state index contributed by atoms with van der Waals surface area (Å²) < 4.78 is 18.5. The van der Waals surface area contributed by atoms with Gasteiger partial charge in [0.25, 0.3) is 0 Å². The molecule has 2 aromatic rings. The monoisotopic (exact) mass is 247 g/mol. The van der Waals surface area contributed by atoms with E-state index in [4.69, 9.17) is 4.42 Å². The summed E-state index contributed by atoms with van der Waals surface area (Å²) in [5.41, 5.74) is 0.840. The molecule has 0 bridgehead atoms. The van der Waals surface area contributed by atoms with Gasteiger partial charge >= 0.3 is 0 Å². The van der Waals surface area contributed by atoms with E-state index in [1.54, 1.807) is 18.3 Å². The molecule has 0 saturated heterocycles. The van der Waals surface area contributed by atoms with E-state index < -0.39 is 10.9 Å². The number of oxazole rings is 1. The smallest absolute Gasteiger partial charge is 0.242 e. The molecule has 2 heterocycles. The molecule has 1 aromatic carbocycles. The number of hydrogen-bond donors (Lipinski definition) is 1. The van der Waals surface area contributed by atoms with Crippen molar-refractivity contribution < 1.29 is 8.81 Å². The minimum absolute atomic E-state index is 0.250. The minimum Gasteiger partial charge on any atom is -0.432 e. The van der Waals surface area contributed by atoms with Gasteiger partial charge in [0, 0.05) is 5.56 Å². The van der Waals surface area contributed by atoms with Gasteiger partial charge in [-0.15, -0.1) is 10.9 Å². The Hall–Kier alpha value is -1.81. The summed E-state index contributed by atoms with van der Waals surface area (Å²) in [4.78, 5) is 4.26. The number of aromatic nitrogens is 1. The molecule has 0 atom stereocenters. The van der Waals surface area contributed by atoms with Crippen LogP contribution in [0.25, 0.3) is 11.3 Å². The Labute approximate surface area is 101 Å². The lowest BCUT2D eigenvalue weighted by Crippen LogP contribution is -1.75. The number of allylic oxidation sites excluding steroid dienone is 2. The number of rotatable bonds is 2. The largest absolute Gasteiger partial charge is 0.432 e. The van der Waals surface area contributed by atoms with Gasteiger partial charge in [-0.3, -0.25) is 0 Å². The van der Waals surface area contributed by atoms with Gasteiger partial charge in [-0.1, -0.05) is 12.2 Å². The van der Waals surface area contributed by atoms with Crippen molar-refractivity contribution in [1.29, 1.82) is 0 Å². The highest BCUT2D eigenvalue weighted by atomic mass is 32.2. The topological polar surface area (TPSA) is 26.0 Å². The molecule has 0 fully saturated rings. The summed E-state index contributed by atoms with van der Waals surface area (Å²) in [5, 5.41) is 4.88. The second kappa shape index (κ2) is 4.22. The number of thiol groups is 1. The van der Waals surface area contributed by atoms with E-state index in [1.807, 2.05) is 12.2 Å². The fourth-order valence-electron chi connectivity index (χ4n) is 1.59. The van der Waals surface area contributed by atoms with Crippen LogP contribution in [0.4, 0.5) is 4.39 Å². The standard InChI is InChI=1S/C13H10FNOS/c14-11-5-3-10(4-6-11)12-9-15-13(16-12)17-7-1-2-8-17/h1-9,17H. The minimum atomic E-state index is -0.529. The van der Waals surface area contributed by atoms with Crippen LogP contribution in [0.3, 0.4) is 0 Å². The van der Waals surface area contributed by atoms with Crippen molar-refractivity contribution >= 4 is 10.9 Å². The lowest BCUT2D eigenvalue weighted by Gasteiger charge is -2.02. The molecule has 0 unspecified atom stereocenters. The van der Waals surface area contributed by atoms with E-state index in [1.165, 1.54) is 12.1 Å². The summed E-state index contributed by atoms with van der Waals surface area (Å²) in [7, 11) is -0.529. The zero-order chi connectivity index (χ0) is 11.7. The molecule has 0 aliphatic carbocycles. The predicted octanol–water partition coefficient (Wildman–Crippen LogP) is 3.88. The first kappa shape index (κ1) is 10.4. The fraction of sp³-hybridized carbons (Fsp3) is 0. The zero-order valence-corrected chi connectivity index (χ0v) is 9.77. The van der Waals surface area contributed by atoms with Crippen LogP contribution in [0, 0.1) is 5.82 Å². The van der Waals surface area contributed by atoms with Gasteiger partial charge in [0.1, 0.15) is 5.82 Å². The highest BCUT2D eigenvalue weighted by Crippen LogP contribution is 2.42. The van der Waals surface area contributed by atoms with E-state index in [9.17, 15) is 4.39 Å². The van der Waals surface area contributed by atoms with Gasteiger partial charge in [0.15, 0.2) is 5.76 Å². The van der Waals surface area contributed by atoms with Crippen LogP contribution in [0.15, 0.2) is 63.1 Å².